The van der Waals surface area contributed by atoms with Crippen LogP contribution >= 0.6 is 0 Å². The molecule has 0 aliphatic heterocycles. The average Bonchev–Trinajstić information content (AvgIpc) is 2.66. The molecule has 0 saturated carbocycles. The van der Waals surface area contributed by atoms with Crippen molar-refractivity contribution in [2.24, 2.45) is 0 Å². The lowest BCUT2D eigenvalue weighted by molar-refractivity contribution is 0.0786. The summed E-state index contributed by atoms with van der Waals surface area (Å²) in [5.41, 5.74) is 0.996. The van der Waals surface area contributed by atoms with Crippen molar-refractivity contribution in [1.82, 2.24) is 4.90 Å². The second-order valence-electron chi connectivity index (χ2n) is 5.85. The van der Waals surface area contributed by atoms with Gasteiger partial charge in [0.15, 0.2) is 0 Å². The molecule has 2 aromatic carbocycles. The van der Waals surface area contributed by atoms with Gasteiger partial charge in [0.25, 0.3) is 5.91 Å². The Bertz CT molecular complexity index is 991. The Hall–Kier alpha value is -3.28. The van der Waals surface area contributed by atoms with Crippen LogP contribution in [0.25, 0.3) is 11.0 Å². The molecule has 0 N–H and O–H groups in total. The fourth-order valence-corrected chi connectivity index (χ4v) is 2.73. The number of benzene rings is 2. The van der Waals surface area contributed by atoms with Crippen molar-refractivity contribution in [2.75, 3.05) is 21.3 Å². The number of methoxy groups -OCH3 is 2. The van der Waals surface area contributed by atoms with Gasteiger partial charge in [-0.1, -0.05) is 12.1 Å². The van der Waals surface area contributed by atoms with Crippen molar-refractivity contribution in [2.45, 2.75) is 6.54 Å². The van der Waals surface area contributed by atoms with E-state index in [0.717, 1.165) is 11.3 Å². The molecular formula is C20H19NO5. The van der Waals surface area contributed by atoms with Crippen LogP contribution in [0.3, 0.4) is 0 Å². The van der Waals surface area contributed by atoms with Crippen molar-refractivity contribution >= 4 is 16.9 Å². The van der Waals surface area contributed by atoms with Gasteiger partial charge >= 0.3 is 5.63 Å². The second-order valence-corrected chi connectivity index (χ2v) is 5.85. The first-order valence-electron chi connectivity index (χ1n) is 8.02. The smallest absolute Gasteiger partial charge is 0.337 e. The first-order valence-corrected chi connectivity index (χ1v) is 8.02. The number of nitrogens with zero attached hydrogens (tertiary/aromatic N) is 1. The second kappa shape index (κ2) is 7.31. The lowest BCUT2D eigenvalue weighted by Gasteiger charge is -2.18. The zero-order valence-corrected chi connectivity index (χ0v) is 14.8. The van der Waals surface area contributed by atoms with Crippen LogP contribution < -0.4 is 15.1 Å². The molecule has 0 fully saturated rings. The van der Waals surface area contributed by atoms with Gasteiger partial charge in [-0.25, -0.2) is 4.79 Å². The van der Waals surface area contributed by atoms with E-state index in [1.807, 2.05) is 24.3 Å². The van der Waals surface area contributed by atoms with Crippen molar-refractivity contribution in [1.29, 1.82) is 0 Å². The van der Waals surface area contributed by atoms with E-state index in [1.54, 1.807) is 37.3 Å². The number of amides is 1. The maximum atomic E-state index is 12.9. The van der Waals surface area contributed by atoms with E-state index in [0.29, 0.717) is 28.8 Å². The summed E-state index contributed by atoms with van der Waals surface area (Å²) < 4.78 is 15.5. The fourth-order valence-electron chi connectivity index (χ4n) is 2.73. The Labute approximate surface area is 150 Å². The van der Waals surface area contributed by atoms with Gasteiger partial charge in [0.2, 0.25) is 0 Å². The van der Waals surface area contributed by atoms with Crippen LogP contribution in [0.5, 0.6) is 11.5 Å². The third kappa shape index (κ3) is 3.54. The summed E-state index contributed by atoms with van der Waals surface area (Å²) in [5.74, 6) is 1.05. The number of fused-ring (bicyclic) bond motifs is 1. The summed E-state index contributed by atoms with van der Waals surface area (Å²) in [6, 6.07) is 13.7. The Balaban J connectivity index is 1.91. The number of hydrogen-bond donors (Lipinski definition) is 0. The van der Waals surface area contributed by atoms with E-state index in [2.05, 4.69) is 0 Å². The van der Waals surface area contributed by atoms with E-state index in [9.17, 15) is 9.59 Å². The molecule has 0 aliphatic carbocycles. The molecule has 0 saturated heterocycles. The summed E-state index contributed by atoms with van der Waals surface area (Å²) in [7, 11) is 4.82. The standard InChI is InChI=1S/C20H19NO5/c1-21(12-13-4-6-14(24-2)7-5-13)20(23)17-11-19(22)26-18-10-15(25-3)8-9-16(17)18/h4-11H,12H2,1-3H3. The number of ether oxygens (including phenoxy) is 2. The molecule has 0 bridgehead atoms. The first kappa shape index (κ1) is 17.5. The molecule has 1 aromatic heterocycles. The van der Waals surface area contributed by atoms with Crippen molar-refractivity contribution < 1.29 is 18.7 Å². The quantitative estimate of drug-likeness (QED) is 0.659. The fraction of sp³-hybridized carbons (Fsp3) is 0.200. The Kier molecular flexibility index (Phi) is 4.93. The lowest BCUT2D eigenvalue weighted by Crippen LogP contribution is -2.27. The number of hydrogen-bond acceptors (Lipinski definition) is 5. The van der Waals surface area contributed by atoms with Crippen LogP contribution in [-0.4, -0.2) is 32.1 Å². The number of rotatable bonds is 5. The van der Waals surface area contributed by atoms with Crippen LogP contribution in [0, 0.1) is 0 Å². The highest BCUT2D eigenvalue weighted by atomic mass is 16.5. The highest BCUT2D eigenvalue weighted by molar-refractivity contribution is 6.05. The monoisotopic (exact) mass is 353 g/mol. The van der Waals surface area contributed by atoms with Gasteiger partial charge in [-0.15, -0.1) is 0 Å². The lowest BCUT2D eigenvalue weighted by atomic mass is 10.1. The minimum absolute atomic E-state index is 0.260. The van der Waals surface area contributed by atoms with E-state index in [-0.39, 0.29) is 5.91 Å². The summed E-state index contributed by atoms with van der Waals surface area (Å²) in [6.07, 6.45) is 0. The largest absolute Gasteiger partial charge is 0.497 e. The van der Waals surface area contributed by atoms with Crippen LogP contribution in [0.1, 0.15) is 15.9 Å². The van der Waals surface area contributed by atoms with E-state index < -0.39 is 5.63 Å². The molecule has 0 atom stereocenters. The van der Waals surface area contributed by atoms with Crippen molar-refractivity contribution in [3.05, 3.63) is 70.1 Å². The highest BCUT2D eigenvalue weighted by Crippen LogP contribution is 2.23. The molecule has 6 nitrogen and oxygen atoms in total. The Morgan fingerprint density at radius 2 is 1.65 bits per heavy atom. The van der Waals surface area contributed by atoms with Crippen molar-refractivity contribution in [3.8, 4) is 11.5 Å². The molecule has 0 radical (unpaired) electrons. The summed E-state index contributed by atoms with van der Waals surface area (Å²) in [6.45, 7) is 0.403. The third-order valence-corrected chi connectivity index (χ3v) is 4.11. The normalized spacial score (nSPS) is 10.6. The highest BCUT2D eigenvalue weighted by Gasteiger charge is 2.18. The first-order chi connectivity index (χ1) is 12.5. The van der Waals surface area contributed by atoms with Crippen molar-refractivity contribution in [3.63, 3.8) is 0 Å². The minimum Gasteiger partial charge on any atom is -0.497 e. The molecule has 3 rings (SSSR count). The maximum Gasteiger partial charge on any atom is 0.337 e. The van der Waals surface area contributed by atoms with Gasteiger partial charge in [0.05, 0.1) is 19.8 Å². The summed E-state index contributed by atoms with van der Waals surface area (Å²) in [5, 5.41) is 0.567. The molecular weight excluding hydrogens is 334 g/mol. The Morgan fingerprint density at radius 1 is 1.00 bits per heavy atom. The topological polar surface area (TPSA) is 69.0 Å². The van der Waals surface area contributed by atoms with Gasteiger partial charge in [-0.05, 0) is 29.8 Å². The molecule has 134 valence electrons. The predicted octanol–water partition coefficient (Wildman–Crippen LogP) is 3.08. The number of carbonyl (C=O) groups excluding carboxylic acids is 1. The molecule has 0 spiro atoms. The predicted molar refractivity (Wildman–Crippen MR) is 97.8 cm³/mol. The molecule has 26 heavy (non-hydrogen) atoms. The molecule has 3 aromatic rings. The molecule has 1 heterocycles. The summed E-state index contributed by atoms with van der Waals surface area (Å²) in [4.78, 5) is 26.3. The van der Waals surface area contributed by atoms with E-state index in [4.69, 9.17) is 13.9 Å². The van der Waals surface area contributed by atoms with E-state index >= 15 is 0 Å². The zero-order valence-electron chi connectivity index (χ0n) is 14.8. The van der Waals surface area contributed by atoms with Gasteiger partial charge in [-0.2, -0.15) is 0 Å². The van der Waals surface area contributed by atoms with Crippen LogP contribution in [0.4, 0.5) is 0 Å². The van der Waals surface area contributed by atoms with Gasteiger partial charge in [-0.3, -0.25) is 4.79 Å². The van der Waals surface area contributed by atoms with Crippen LogP contribution in [0.15, 0.2) is 57.7 Å². The molecule has 6 heteroatoms. The molecule has 0 aliphatic rings. The average molecular weight is 353 g/mol. The van der Waals surface area contributed by atoms with Crippen LogP contribution in [0.2, 0.25) is 0 Å². The number of carbonyl (C=O) groups is 1. The van der Waals surface area contributed by atoms with Crippen LogP contribution in [-0.2, 0) is 6.54 Å². The molecule has 0 unspecified atom stereocenters. The SMILES string of the molecule is COc1ccc(CN(C)C(=O)c2cc(=O)oc3cc(OC)ccc23)cc1. The summed E-state index contributed by atoms with van der Waals surface area (Å²) >= 11 is 0. The third-order valence-electron chi connectivity index (χ3n) is 4.11. The zero-order chi connectivity index (χ0) is 18.7. The van der Waals surface area contributed by atoms with Gasteiger partial charge < -0.3 is 18.8 Å². The Morgan fingerprint density at radius 3 is 2.31 bits per heavy atom. The van der Waals surface area contributed by atoms with E-state index in [1.165, 1.54) is 13.2 Å². The molecule has 1 amide bonds. The van der Waals surface area contributed by atoms with Gasteiger partial charge in [0, 0.05) is 31.1 Å². The maximum absolute atomic E-state index is 12.9. The minimum atomic E-state index is -0.577. The van der Waals surface area contributed by atoms with Gasteiger partial charge in [0.1, 0.15) is 17.1 Å².